The largest absolute Gasteiger partial charge is 0.371 e. The van der Waals surface area contributed by atoms with Crippen molar-refractivity contribution in [1.82, 2.24) is 4.90 Å². The Hall–Kier alpha value is -1.68. The fourth-order valence-corrected chi connectivity index (χ4v) is 1.58. The van der Waals surface area contributed by atoms with E-state index in [0.29, 0.717) is 6.54 Å². The second-order valence-corrected chi connectivity index (χ2v) is 3.96. The van der Waals surface area contributed by atoms with Gasteiger partial charge in [-0.15, -0.1) is 0 Å². The summed E-state index contributed by atoms with van der Waals surface area (Å²) < 4.78 is 5.10. The Balaban J connectivity index is 0.000000686. The molecule has 0 radical (unpaired) electrons. The Labute approximate surface area is 101 Å². The first-order chi connectivity index (χ1) is 8.18. The van der Waals surface area contributed by atoms with E-state index in [-0.39, 0.29) is 12.0 Å². The maximum absolute atomic E-state index is 12.0. The predicted octanol–water partition coefficient (Wildman–Crippen LogP) is 1.28. The highest BCUT2D eigenvalue weighted by Crippen LogP contribution is 2.14. The normalized spacial score (nSPS) is 16.7. The molecule has 1 aromatic carbocycles. The van der Waals surface area contributed by atoms with Crippen LogP contribution in [-0.4, -0.2) is 43.9 Å². The SMILES string of the molecule is C=O.Cc1ccccc1C(=O)N(C)CC1CO1. The summed E-state index contributed by atoms with van der Waals surface area (Å²) in [5.74, 6) is 0.0728. The number of carbonyl (C=O) groups is 2. The molecule has 1 atom stereocenters. The van der Waals surface area contributed by atoms with Crippen LogP contribution in [0.5, 0.6) is 0 Å². The van der Waals surface area contributed by atoms with Gasteiger partial charge in [-0.1, -0.05) is 18.2 Å². The van der Waals surface area contributed by atoms with E-state index in [2.05, 4.69) is 0 Å². The molecule has 1 heterocycles. The Kier molecular flexibility index (Phi) is 4.84. The van der Waals surface area contributed by atoms with Crippen LogP contribution in [0.4, 0.5) is 0 Å². The minimum Gasteiger partial charge on any atom is -0.371 e. The van der Waals surface area contributed by atoms with Gasteiger partial charge in [-0.05, 0) is 18.6 Å². The number of carbonyl (C=O) groups excluding carboxylic acids is 2. The molecule has 2 rings (SSSR count). The van der Waals surface area contributed by atoms with Gasteiger partial charge in [0.25, 0.3) is 5.91 Å². The van der Waals surface area contributed by atoms with Gasteiger partial charge in [0.2, 0.25) is 0 Å². The van der Waals surface area contributed by atoms with Crippen LogP contribution in [0.2, 0.25) is 0 Å². The summed E-state index contributed by atoms with van der Waals surface area (Å²) in [4.78, 5) is 21.7. The lowest BCUT2D eigenvalue weighted by atomic mass is 10.1. The first kappa shape index (κ1) is 13.4. The highest BCUT2D eigenvalue weighted by molar-refractivity contribution is 5.95. The zero-order chi connectivity index (χ0) is 12.8. The molecule has 0 saturated carbocycles. The summed E-state index contributed by atoms with van der Waals surface area (Å²) in [6, 6.07) is 7.65. The van der Waals surface area contributed by atoms with E-state index in [0.717, 1.165) is 17.7 Å². The molecule has 92 valence electrons. The van der Waals surface area contributed by atoms with E-state index in [4.69, 9.17) is 9.53 Å². The third-order valence-electron chi connectivity index (χ3n) is 2.60. The number of likely N-dealkylation sites (N-methyl/N-ethyl adjacent to an activating group) is 1. The van der Waals surface area contributed by atoms with Gasteiger partial charge < -0.3 is 14.4 Å². The van der Waals surface area contributed by atoms with Crippen LogP contribution in [0.3, 0.4) is 0 Å². The Morgan fingerprint density at radius 3 is 2.59 bits per heavy atom. The Morgan fingerprint density at radius 2 is 2.06 bits per heavy atom. The van der Waals surface area contributed by atoms with E-state index >= 15 is 0 Å². The highest BCUT2D eigenvalue weighted by atomic mass is 16.6. The van der Waals surface area contributed by atoms with E-state index < -0.39 is 0 Å². The lowest BCUT2D eigenvalue weighted by molar-refractivity contribution is -0.0979. The van der Waals surface area contributed by atoms with Crippen molar-refractivity contribution in [3.63, 3.8) is 0 Å². The molecule has 0 aromatic heterocycles. The zero-order valence-electron chi connectivity index (χ0n) is 10.2. The number of hydrogen-bond acceptors (Lipinski definition) is 3. The summed E-state index contributed by atoms with van der Waals surface area (Å²) in [5.41, 5.74) is 1.80. The molecular formula is C13H17NO3. The van der Waals surface area contributed by atoms with Crippen molar-refractivity contribution in [3.8, 4) is 0 Å². The zero-order valence-corrected chi connectivity index (χ0v) is 10.2. The number of benzene rings is 1. The lowest BCUT2D eigenvalue weighted by Gasteiger charge is -2.16. The number of rotatable bonds is 3. The standard InChI is InChI=1S/C12H15NO2.CH2O/c1-9-5-3-4-6-11(9)12(14)13(2)7-10-8-15-10;1-2/h3-6,10H,7-8H2,1-2H3;1H2. The van der Waals surface area contributed by atoms with E-state index in [1.165, 1.54) is 0 Å². The average Bonchev–Trinajstić information content (AvgIpc) is 3.15. The van der Waals surface area contributed by atoms with Gasteiger partial charge in [0.1, 0.15) is 6.79 Å². The second kappa shape index (κ2) is 6.15. The summed E-state index contributed by atoms with van der Waals surface area (Å²) in [5, 5.41) is 0. The van der Waals surface area contributed by atoms with Crippen molar-refractivity contribution in [3.05, 3.63) is 35.4 Å². The monoisotopic (exact) mass is 235 g/mol. The molecule has 1 fully saturated rings. The molecule has 1 saturated heterocycles. The van der Waals surface area contributed by atoms with Crippen LogP contribution in [0.25, 0.3) is 0 Å². The second-order valence-electron chi connectivity index (χ2n) is 3.96. The smallest absolute Gasteiger partial charge is 0.253 e. The van der Waals surface area contributed by atoms with E-state index in [9.17, 15) is 4.79 Å². The maximum Gasteiger partial charge on any atom is 0.253 e. The summed E-state index contributed by atoms with van der Waals surface area (Å²) in [6.07, 6.45) is 0.253. The van der Waals surface area contributed by atoms with Crippen LogP contribution in [0.15, 0.2) is 24.3 Å². The number of epoxide rings is 1. The molecule has 0 aliphatic carbocycles. The van der Waals surface area contributed by atoms with E-state index in [1.807, 2.05) is 45.0 Å². The Morgan fingerprint density at radius 1 is 1.47 bits per heavy atom. The molecular weight excluding hydrogens is 218 g/mol. The van der Waals surface area contributed by atoms with E-state index in [1.54, 1.807) is 4.90 Å². The average molecular weight is 235 g/mol. The molecule has 17 heavy (non-hydrogen) atoms. The molecule has 0 N–H and O–H groups in total. The number of aryl methyl sites for hydroxylation is 1. The predicted molar refractivity (Wildman–Crippen MR) is 65.0 cm³/mol. The number of hydrogen-bond donors (Lipinski definition) is 0. The molecule has 0 bridgehead atoms. The minimum absolute atomic E-state index is 0.0728. The molecule has 4 heteroatoms. The summed E-state index contributed by atoms with van der Waals surface area (Å²) >= 11 is 0. The lowest BCUT2D eigenvalue weighted by Crippen LogP contribution is -2.30. The van der Waals surface area contributed by atoms with Crippen molar-refractivity contribution < 1.29 is 14.3 Å². The minimum atomic E-state index is 0.0728. The van der Waals surface area contributed by atoms with Crippen LogP contribution < -0.4 is 0 Å². The highest BCUT2D eigenvalue weighted by Gasteiger charge is 2.26. The maximum atomic E-state index is 12.0. The van der Waals surface area contributed by atoms with Crippen LogP contribution >= 0.6 is 0 Å². The first-order valence-electron chi connectivity index (χ1n) is 5.40. The third-order valence-corrected chi connectivity index (χ3v) is 2.60. The summed E-state index contributed by atoms with van der Waals surface area (Å²) in [7, 11) is 1.82. The van der Waals surface area contributed by atoms with Gasteiger partial charge in [0.05, 0.1) is 12.7 Å². The van der Waals surface area contributed by atoms with Gasteiger partial charge in [0, 0.05) is 19.2 Å². The quantitative estimate of drug-likeness (QED) is 0.741. The van der Waals surface area contributed by atoms with Crippen molar-refractivity contribution in [2.45, 2.75) is 13.0 Å². The number of nitrogens with zero attached hydrogens (tertiary/aromatic N) is 1. The van der Waals surface area contributed by atoms with Crippen LogP contribution in [0, 0.1) is 6.92 Å². The molecule has 1 aliphatic rings. The first-order valence-corrected chi connectivity index (χ1v) is 5.40. The van der Waals surface area contributed by atoms with Crippen LogP contribution in [-0.2, 0) is 9.53 Å². The number of ether oxygens (including phenoxy) is 1. The van der Waals surface area contributed by atoms with Crippen molar-refractivity contribution in [2.24, 2.45) is 0 Å². The molecule has 1 aliphatic heterocycles. The van der Waals surface area contributed by atoms with Gasteiger partial charge in [-0.3, -0.25) is 4.79 Å². The molecule has 1 aromatic rings. The fourth-order valence-electron chi connectivity index (χ4n) is 1.58. The third kappa shape index (κ3) is 3.67. The molecule has 0 spiro atoms. The molecule has 1 unspecified atom stereocenters. The topological polar surface area (TPSA) is 49.9 Å². The fraction of sp³-hybridized carbons (Fsp3) is 0.385. The van der Waals surface area contributed by atoms with Gasteiger partial charge in [-0.25, -0.2) is 0 Å². The molecule has 1 amide bonds. The van der Waals surface area contributed by atoms with Gasteiger partial charge >= 0.3 is 0 Å². The van der Waals surface area contributed by atoms with Crippen LogP contribution in [0.1, 0.15) is 15.9 Å². The van der Waals surface area contributed by atoms with Gasteiger partial charge in [0.15, 0.2) is 0 Å². The van der Waals surface area contributed by atoms with Crippen molar-refractivity contribution in [2.75, 3.05) is 20.2 Å². The molecule has 4 nitrogen and oxygen atoms in total. The van der Waals surface area contributed by atoms with Crippen molar-refractivity contribution >= 4 is 12.7 Å². The Bertz CT molecular complexity index is 388. The number of amides is 1. The van der Waals surface area contributed by atoms with Gasteiger partial charge in [-0.2, -0.15) is 0 Å². The summed E-state index contributed by atoms with van der Waals surface area (Å²) in [6.45, 7) is 5.42. The van der Waals surface area contributed by atoms with Crippen molar-refractivity contribution in [1.29, 1.82) is 0 Å².